The van der Waals surface area contributed by atoms with Gasteiger partial charge in [0.1, 0.15) is 0 Å². The molecule has 1 aromatic heterocycles. The van der Waals surface area contributed by atoms with Gasteiger partial charge in [-0.15, -0.1) is 0 Å². The van der Waals surface area contributed by atoms with E-state index in [1.807, 2.05) is 42.5 Å². The van der Waals surface area contributed by atoms with Crippen LogP contribution in [0.5, 0.6) is 5.88 Å². The SMILES string of the molecule is CN1CCC(N2CCN(c3ccc(N=C(c4ccccc4)c4c(O)[nH]c5ccc(S(=O)(=O)NC6CCOCC6)cc45)cc3)CC2)CC1. The predicted octanol–water partition coefficient (Wildman–Crippen LogP) is 4.72. The molecule has 0 spiro atoms. The van der Waals surface area contributed by atoms with Crippen molar-refractivity contribution in [2.45, 2.75) is 42.7 Å². The Labute approximate surface area is 277 Å². The van der Waals surface area contributed by atoms with Gasteiger partial charge in [-0.2, -0.15) is 0 Å². The molecule has 0 aliphatic carbocycles. The van der Waals surface area contributed by atoms with Crippen LogP contribution in [0.2, 0.25) is 0 Å². The van der Waals surface area contributed by atoms with Crippen LogP contribution < -0.4 is 9.62 Å². The third kappa shape index (κ3) is 7.09. The average Bonchev–Trinajstić information content (AvgIpc) is 3.43. The van der Waals surface area contributed by atoms with Crippen LogP contribution in [-0.2, 0) is 14.8 Å². The van der Waals surface area contributed by atoms with Gasteiger partial charge in [-0.3, -0.25) is 4.90 Å². The second kappa shape index (κ2) is 13.8. The molecule has 4 aromatic rings. The minimum atomic E-state index is -3.79. The number of likely N-dealkylation sites (tertiary alicyclic amines) is 1. The summed E-state index contributed by atoms with van der Waals surface area (Å²) in [5.74, 6) is -0.0614. The molecule has 3 aromatic carbocycles. The summed E-state index contributed by atoms with van der Waals surface area (Å²) < 4.78 is 35.0. The van der Waals surface area contributed by atoms with Crippen LogP contribution >= 0.6 is 0 Å². The number of H-pyrrole nitrogens is 1. The maximum absolute atomic E-state index is 13.4. The molecule has 0 bridgehead atoms. The topological polar surface area (TPSA) is 114 Å². The fourth-order valence-corrected chi connectivity index (χ4v) is 8.43. The monoisotopic (exact) mass is 656 g/mol. The fraction of sp³-hybridized carbons (Fsp3) is 0.417. The van der Waals surface area contributed by atoms with Gasteiger partial charge in [0.2, 0.25) is 10.0 Å². The molecule has 3 saturated heterocycles. The highest BCUT2D eigenvalue weighted by atomic mass is 32.2. The summed E-state index contributed by atoms with van der Waals surface area (Å²) in [4.78, 5) is 15.8. The molecule has 0 saturated carbocycles. The number of piperidine rings is 1. The number of nitrogens with one attached hydrogen (secondary N) is 2. The zero-order valence-electron chi connectivity index (χ0n) is 26.9. The molecule has 11 heteroatoms. The molecule has 3 N–H and O–H groups in total. The highest BCUT2D eigenvalue weighted by Gasteiger charge is 2.27. The Morgan fingerprint density at radius 2 is 1.60 bits per heavy atom. The second-order valence-electron chi connectivity index (χ2n) is 13.0. The summed E-state index contributed by atoms with van der Waals surface area (Å²) in [7, 11) is -1.57. The Balaban J connectivity index is 1.15. The number of sulfonamides is 1. The summed E-state index contributed by atoms with van der Waals surface area (Å²) >= 11 is 0. The Hall–Kier alpha value is -3.74. The number of anilines is 1. The first kappa shape index (κ1) is 31.8. The van der Waals surface area contributed by atoms with Gasteiger partial charge in [-0.05, 0) is 88.3 Å². The van der Waals surface area contributed by atoms with Gasteiger partial charge in [-0.1, -0.05) is 30.3 Å². The highest BCUT2D eigenvalue weighted by Crippen LogP contribution is 2.34. The number of nitrogens with zero attached hydrogens (tertiary/aromatic N) is 4. The van der Waals surface area contributed by atoms with Gasteiger partial charge in [0.25, 0.3) is 0 Å². The number of hydrogen-bond acceptors (Lipinski definition) is 8. The molecule has 0 amide bonds. The number of aromatic hydroxyl groups is 1. The van der Waals surface area contributed by atoms with Gasteiger partial charge in [0.05, 0.1) is 21.9 Å². The van der Waals surface area contributed by atoms with Crippen LogP contribution in [0, 0.1) is 0 Å². The Bertz CT molecular complexity index is 1800. The van der Waals surface area contributed by atoms with Gasteiger partial charge in [0, 0.05) is 73.6 Å². The van der Waals surface area contributed by atoms with Gasteiger partial charge >= 0.3 is 0 Å². The summed E-state index contributed by atoms with van der Waals surface area (Å²) in [5, 5.41) is 11.8. The maximum Gasteiger partial charge on any atom is 0.240 e. The summed E-state index contributed by atoms with van der Waals surface area (Å²) in [6.07, 6.45) is 3.78. The first-order valence-electron chi connectivity index (χ1n) is 16.7. The van der Waals surface area contributed by atoms with E-state index in [0.717, 1.165) is 37.4 Å². The van der Waals surface area contributed by atoms with E-state index in [2.05, 4.69) is 43.6 Å². The minimum absolute atomic E-state index is 0.0614. The van der Waals surface area contributed by atoms with E-state index in [1.54, 1.807) is 18.2 Å². The van der Waals surface area contributed by atoms with E-state index in [1.165, 1.54) is 31.6 Å². The number of piperazine rings is 1. The number of ether oxygens (including phenoxy) is 1. The van der Waals surface area contributed by atoms with E-state index in [0.29, 0.717) is 54.3 Å². The standard InChI is InChI=1S/C36H44N6O4S/c1-40-17-13-30(14-18-40)42-21-19-41(20-22-42)29-9-7-27(8-10-29)37-35(26-5-3-2-4-6-26)34-32-25-31(11-12-33(32)38-36(34)43)47(44,45)39-28-15-23-46-24-16-28/h2-12,25,28,30,38-39,43H,13-24H2,1H3. The number of aromatic nitrogens is 1. The smallest absolute Gasteiger partial charge is 0.240 e. The van der Waals surface area contributed by atoms with E-state index < -0.39 is 10.0 Å². The van der Waals surface area contributed by atoms with E-state index in [9.17, 15) is 13.5 Å². The van der Waals surface area contributed by atoms with E-state index in [4.69, 9.17) is 9.73 Å². The highest BCUT2D eigenvalue weighted by molar-refractivity contribution is 7.89. The lowest BCUT2D eigenvalue weighted by molar-refractivity contribution is 0.0832. The Morgan fingerprint density at radius 1 is 0.894 bits per heavy atom. The molecule has 4 heterocycles. The van der Waals surface area contributed by atoms with Gasteiger partial charge < -0.3 is 24.6 Å². The van der Waals surface area contributed by atoms with Gasteiger partial charge in [-0.25, -0.2) is 18.1 Å². The van der Waals surface area contributed by atoms with Crippen molar-refractivity contribution in [3.63, 3.8) is 0 Å². The van der Waals surface area contributed by atoms with Crippen LogP contribution in [0.15, 0.2) is 82.7 Å². The zero-order chi connectivity index (χ0) is 32.4. The van der Waals surface area contributed by atoms with Crippen LogP contribution in [0.3, 0.4) is 0 Å². The summed E-state index contributed by atoms with van der Waals surface area (Å²) in [5.41, 5.74) is 4.38. The molecule has 47 heavy (non-hydrogen) atoms. The molecule has 7 rings (SSSR count). The summed E-state index contributed by atoms with van der Waals surface area (Å²) in [6, 6.07) is 23.4. The van der Waals surface area contributed by atoms with E-state index in [-0.39, 0.29) is 16.8 Å². The van der Waals surface area contributed by atoms with Crippen molar-refractivity contribution in [1.29, 1.82) is 0 Å². The van der Waals surface area contributed by atoms with Crippen molar-refractivity contribution in [2.24, 2.45) is 4.99 Å². The molecule has 0 unspecified atom stereocenters. The summed E-state index contributed by atoms with van der Waals surface area (Å²) in [6.45, 7) is 7.60. The minimum Gasteiger partial charge on any atom is -0.494 e. The third-order valence-electron chi connectivity index (χ3n) is 9.86. The molecule has 3 aliphatic heterocycles. The van der Waals surface area contributed by atoms with Crippen LogP contribution in [0.4, 0.5) is 11.4 Å². The quantitative estimate of drug-likeness (QED) is 0.236. The second-order valence-corrected chi connectivity index (χ2v) is 14.7. The number of benzene rings is 3. The van der Waals surface area contributed by atoms with Crippen molar-refractivity contribution in [3.05, 3.63) is 83.9 Å². The molecule has 10 nitrogen and oxygen atoms in total. The number of aliphatic imine (C=N–C) groups is 1. The van der Waals surface area contributed by atoms with Crippen LogP contribution in [0.1, 0.15) is 36.8 Å². The third-order valence-corrected chi connectivity index (χ3v) is 11.4. The normalized spacial score (nSPS) is 19.9. The number of hydrogen-bond donors (Lipinski definition) is 3. The van der Waals surface area contributed by atoms with Crippen molar-refractivity contribution >= 4 is 38.0 Å². The first-order chi connectivity index (χ1) is 22.8. The Morgan fingerprint density at radius 3 is 2.30 bits per heavy atom. The molecule has 0 atom stereocenters. The lowest BCUT2D eigenvalue weighted by Gasteiger charge is -2.42. The lowest BCUT2D eigenvalue weighted by atomic mass is 10.0. The average molecular weight is 657 g/mol. The largest absolute Gasteiger partial charge is 0.494 e. The maximum atomic E-state index is 13.4. The molecule has 0 radical (unpaired) electrons. The Kier molecular flexibility index (Phi) is 9.33. The number of aromatic amines is 1. The van der Waals surface area contributed by atoms with Crippen molar-refractivity contribution in [2.75, 3.05) is 64.4 Å². The molecule has 3 aliphatic rings. The first-order valence-corrected chi connectivity index (χ1v) is 18.2. The van der Waals surface area contributed by atoms with Gasteiger partial charge in [0.15, 0.2) is 5.88 Å². The number of fused-ring (bicyclic) bond motifs is 1. The lowest BCUT2D eigenvalue weighted by Crippen LogP contribution is -2.52. The number of rotatable bonds is 8. The zero-order valence-corrected chi connectivity index (χ0v) is 27.8. The molecular formula is C36H44N6O4S. The van der Waals surface area contributed by atoms with Crippen molar-refractivity contribution < 1.29 is 18.3 Å². The van der Waals surface area contributed by atoms with Crippen molar-refractivity contribution in [1.82, 2.24) is 19.5 Å². The predicted molar refractivity (Wildman–Crippen MR) is 187 cm³/mol. The van der Waals surface area contributed by atoms with Crippen LogP contribution in [-0.4, -0.2) is 106 Å². The molecule has 248 valence electrons. The molecular weight excluding hydrogens is 613 g/mol. The van der Waals surface area contributed by atoms with E-state index >= 15 is 0 Å². The molecule has 3 fully saturated rings. The van der Waals surface area contributed by atoms with Crippen molar-refractivity contribution in [3.8, 4) is 5.88 Å². The fourth-order valence-electron chi connectivity index (χ4n) is 7.10. The van der Waals surface area contributed by atoms with Crippen LogP contribution in [0.25, 0.3) is 10.9 Å².